The van der Waals surface area contributed by atoms with Crippen molar-refractivity contribution >= 4 is 35.1 Å². The minimum Gasteiger partial charge on any atom is -0.137 e. The lowest BCUT2D eigenvalue weighted by Gasteiger charge is -2.27. The van der Waals surface area contributed by atoms with E-state index in [0.717, 1.165) is 36.7 Å². The van der Waals surface area contributed by atoms with Gasteiger partial charge in [-0.2, -0.15) is 0 Å². The van der Waals surface area contributed by atoms with Crippen molar-refractivity contribution in [2.45, 2.75) is 12.8 Å². The average molecular weight is 380 g/mol. The van der Waals surface area contributed by atoms with Gasteiger partial charge in [0, 0.05) is 22.3 Å². The average Bonchev–Trinajstić information content (AvgIpc) is 2.73. The number of benzene rings is 3. The SMILES string of the molecule is O=NSCCCC[P+](c1ccccc1)(c1ccccc1)c1ccccc1. The predicted octanol–water partition coefficient (Wildman–Crippen LogP) is 5.18. The van der Waals surface area contributed by atoms with Crippen LogP contribution in [0.2, 0.25) is 0 Å². The van der Waals surface area contributed by atoms with Crippen molar-refractivity contribution in [1.29, 1.82) is 0 Å². The first-order valence-electron chi connectivity index (χ1n) is 8.87. The molecule has 4 heteroatoms. The second-order valence-corrected chi connectivity index (χ2v) is 10.6. The molecule has 2 nitrogen and oxygen atoms in total. The summed E-state index contributed by atoms with van der Waals surface area (Å²) >= 11 is 1.13. The molecule has 0 atom stereocenters. The first-order chi connectivity index (χ1) is 12.9. The molecule has 0 fully saturated rings. The highest BCUT2D eigenvalue weighted by atomic mass is 32.2. The molecule has 0 spiro atoms. The van der Waals surface area contributed by atoms with Crippen LogP contribution < -0.4 is 15.9 Å². The van der Waals surface area contributed by atoms with Crippen LogP contribution in [0.15, 0.2) is 95.6 Å². The van der Waals surface area contributed by atoms with Gasteiger partial charge in [0.2, 0.25) is 0 Å². The Hall–Kier alpha value is -1.96. The predicted molar refractivity (Wildman–Crippen MR) is 118 cm³/mol. The Morgan fingerprint density at radius 1 is 0.654 bits per heavy atom. The summed E-state index contributed by atoms with van der Waals surface area (Å²) < 4.78 is 2.92. The Bertz CT molecular complexity index is 699. The van der Waals surface area contributed by atoms with E-state index in [2.05, 4.69) is 95.6 Å². The van der Waals surface area contributed by atoms with Crippen LogP contribution in [-0.2, 0) is 0 Å². The van der Waals surface area contributed by atoms with Gasteiger partial charge in [0.15, 0.2) is 0 Å². The molecule has 3 aromatic carbocycles. The molecule has 0 unspecified atom stereocenters. The molecule has 26 heavy (non-hydrogen) atoms. The molecule has 0 saturated heterocycles. The molecule has 3 rings (SSSR count). The van der Waals surface area contributed by atoms with E-state index in [1.165, 1.54) is 15.9 Å². The topological polar surface area (TPSA) is 29.4 Å². The van der Waals surface area contributed by atoms with E-state index in [9.17, 15) is 4.91 Å². The van der Waals surface area contributed by atoms with Crippen molar-refractivity contribution in [3.05, 3.63) is 95.9 Å². The molecule has 0 amide bonds. The summed E-state index contributed by atoms with van der Waals surface area (Å²) in [7, 11) is -1.72. The lowest BCUT2D eigenvalue weighted by Crippen LogP contribution is -2.33. The number of hydrogen-bond acceptors (Lipinski definition) is 3. The van der Waals surface area contributed by atoms with Gasteiger partial charge >= 0.3 is 0 Å². The summed E-state index contributed by atoms with van der Waals surface area (Å²) in [6.45, 7) is 0. The third-order valence-corrected chi connectivity index (χ3v) is 9.73. The van der Waals surface area contributed by atoms with Gasteiger partial charge in [-0.25, -0.2) is 0 Å². The van der Waals surface area contributed by atoms with E-state index in [1.54, 1.807) is 0 Å². The quantitative estimate of drug-likeness (QED) is 0.222. The smallest absolute Gasteiger partial charge is 0.112 e. The van der Waals surface area contributed by atoms with Crippen molar-refractivity contribution in [3.63, 3.8) is 0 Å². The summed E-state index contributed by atoms with van der Waals surface area (Å²) in [4.78, 5) is 10.3. The zero-order chi connectivity index (χ0) is 18.1. The minimum atomic E-state index is -1.72. The molecule has 3 aromatic rings. The van der Waals surface area contributed by atoms with Crippen LogP contribution in [0.25, 0.3) is 0 Å². The molecule has 0 heterocycles. The molecular weight excluding hydrogens is 357 g/mol. The van der Waals surface area contributed by atoms with Crippen LogP contribution >= 0.6 is 19.2 Å². The summed E-state index contributed by atoms with van der Waals surface area (Å²) in [5.41, 5.74) is 0. The highest BCUT2D eigenvalue weighted by Gasteiger charge is 2.44. The van der Waals surface area contributed by atoms with Gasteiger partial charge in [0.1, 0.15) is 23.2 Å². The lowest BCUT2D eigenvalue weighted by atomic mass is 10.3. The van der Waals surface area contributed by atoms with Crippen LogP contribution in [0.1, 0.15) is 12.8 Å². The lowest BCUT2D eigenvalue weighted by molar-refractivity contribution is 0.902. The summed E-state index contributed by atoms with van der Waals surface area (Å²) in [6.07, 6.45) is 3.18. The van der Waals surface area contributed by atoms with E-state index >= 15 is 0 Å². The Morgan fingerprint density at radius 2 is 1.08 bits per heavy atom. The van der Waals surface area contributed by atoms with Crippen molar-refractivity contribution in [3.8, 4) is 0 Å². The summed E-state index contributed by atoms with van der Waals surface area (Å²) in [6, 6.07) is 32.7. The monoisotopic (exact) mass is 380 g/mol. The maximum Gasteiger partial charge on any atom is 0.112 e. The largest absolute Gasteiger partial charge is 0.137 e. The fourth-order valence-electron chi connectivity index (χ4n) is 3.43. The second-order valence-electron chi connectivity index (χ2n) is 6.15. The molecular formula is C22H23NOPS+. The zero-order valence-corrected chi connectivity index (χ0v) is 16.4. The van der Waals surface area contributed by atoms with E-state index in [4.69, 9.17) is 0 Å². The van der Waals surface area contributed by atoms with Crippen LogP contribution in [0.3, 0.4) is 0 Å². The number of hydrogen-bond donors (Lipinski definition) is 0. The van der Waals surface area contributed by atoms with Crippen molar-refractivity contribution in [2.75, 3.05) is 11.9 Å². The van der Waals surface area contributed by atoms with Crippen LogP contribution in [0.5, 0.6) is 0 Å². The second kappa shape index (κ2) is 9.66. The van der Waals surface area contributed by atoms with E-state index in [-0.39, 0.29) is 0 Å². The summed E-state index contributed by atoms with van der Waals surface area (Å²) in [5.74, 6) is 0.794. The summed E-state index contributed by atoms with van der Waals surface area (Å²) in [5, 5.41) is 4.25. The van der Waals surface area contributed by atoms with Crippen LogP contribution in [-0.4, -0.2) is 11.9 Å². The molecule has 0 aliphatic carbocycles. The van der Waals surface area contributed by atoms with Crippen LogP contribution in [0.4, 0.5) is 0 Å². The molecule has 0 N–H and O–H groups in total. The number of nitroso groups, excluding NO2 is 1. The van der Waals surface area contributed by atoms with E-state index in [0.29, 0.717) is 0 Å². The highest BCUT2D eigenvalue weighted by molar-refractivity contribution is 7.97. The van der Waals surface area contributed by atoms with Gasteiger partial charge in [-0.3, -0.25) is 0 Å². The number of rotatable bonds is 9. The molecule has 0 aliphatic heterocycles. The van der Waals surface area contributed by atoms with Gasteiger partial charge in [-0.15, -0.1) is 4.91 Å². The highest BCUT2D eigenvalue weighted by Crippen LogP contribution is 2.55. The van der Waals surface area contributed by atoms with Gasteiger partial charge in [0.25, 0.3) is 0 Å². The Kier molecular flexibility index (Phi) is 6.99. The first kappa shape index (κ1) is 18.8. The Labute approximate surface area is 160 Å². The number of unbranched alkanes of at least 4 members (excludes halogenated alkanes) is 1. The molecule has 0 aliphatic rings. The van der Waals surface area contributed by atoms with Crippen molar-refractivity contribution in [2.24, 2.45) is 4.58 Å². The fourth-order valence-corrected chi connectivity index (χ4v) is 8.25. The zero-order valence-electron chi connectivity index (χ0n) is 14.7. The maximum absolute atomic E-state index is 10.3. The third kappa shape index (κ3) is 4.23. The normalized spacial score (nSPS) is 11.2. The van der Waals surface area contributed by atoms with Gasteiger partial charge in [0.05, 0.1) is 6.16 Å². The minimum absolute atomic E-state index is 0.794. The van der Waals surface area contributed by atoms with Crippen LogP contribution in [0, 0.1) is 4.91 Å². The standard InChI is InChI=1S/C22H23NOPS/c24-23-26-19-11-10-18-25(20-12-4-1-5-13-20,21-14-6-2-7-15-21)22-16-8-3-9-17-22/h1-9,12-17H,10-11,18-19H2/q+1. The Balaban J connectivity index is 2.07. The Morgan fingerprint density at radius 3 is 1.46 bits per heavy atom. The first-order valence-corrected chi connectivity index (χ1v) is 11.8. The van der Waals surface area contributed by atoms with Gasteiger partial charge in [-0.1, -0.05) is 54.6 Å². The van der Waals surface area contributed by atoms with E-state index in [1.807, 2.05) is 0 Å². The number of nitrogens with zero attached hydrogens (tertiary/aromatic N) is 1. The maximum atomic E-state index is 10.3. The van der Waals surface area contributed by atoms with Gasteiger partial charge < -0.3 is 0 Å². The molecule has 0 bridgehead atoms. The van der Waals surface area contributed by atoms with E-state index < -0.39 is 7.26 Å². The molecule has 0 saturated carbocycles. The molecule has 0 aromatic heterocycles. The molecule has 132 valence electrons. The fraction of sp³-hybridized carbons (Fsp3) is 0.182. The molecule has 0 radical (unpaired) electrons. The van der Waals surface area contributed by atoms with Gasteiger partial charge in [-0.05, 0) is 49.2 Å². The van der Waals surface area contributed by atoms with Crippen molar-refractivity contribution in [1.82, 2.24) is 0 Å². The van der Waals surface area contributed by atoms with Crippen molar-refractivity contribution < 1.29 is 0 Å². The third-order valence-electron chi connectivity index (χ3n) is 4.62.